The molecule has 2 aromatic rings. The van der Waals surface area contributed by atoms with Crippen LogP contribution in [0.5, 0.6) is 0 Å². The molecule has 3 saturated carbocycles. The highest BCUT2D eigenvalue weighted by atomic mass is 19.1. The summed E-state index contributed by atoms with van der Waals surface area (Å²) in [5.41, 5.74) is 4.73. The number of hydrogen-bond donors (Lipinski definition) is 0. The van der Waals surface area contributed by atoms with Gasteiger partial charge in [0.05, 0.1) is 0 Å². The number of rotatable bonds is 8. The summed E-state index contributed by atoms with van der Waals surface area (Å²) in [7, 11) is 0. The molecule has 3 aliphatic rings. The average Bonchev–Trinajstić information content (AvgIpc) is 2.78. The zero-order valence-corrected chi connectivity index (χ0v) is 18.4. The lowest BCUT2D eigenvalue weighted by atomic mass is 9.50. The van der Waals surface area contributed by atoms with Crippen molar-refractivity contribution in [2.45, 2.75) is 96.3 Å². The molecule has 0 aliphatic heterocycles. The Balaban J connectivity index is 1.53. The van der Waals surface area contributed by atoms with Crippen LogP contribution in [0.4, 0.5) is 4.39 Å². The molecule has 0 radical (unpaired) electrons. The van der Waals surface area contributed by atoms with Crippen molar-refractivity contribution in [3.05, 3.63) is 59.4 Å². The van der Waals surface area contributed by atoms with Crippen LogP contribution in [0.25, 0.3) is 11.1 Å². The van der Waals surface area contributed by atoms with Crippen molar-refractivity contribution < 1.29 is 4.39 Å². The topological polar surface area (TPSA) is 0 Å². The first-order chi connectivity index (χ1) is 14.1. The average molecular weight is 393 g/mol. The molecule has 29 heavy (non-hydrogen) atoms. The van der Waals surface area contributed by atoms with E-state index in [1.807, 2.05) is 6.07 Å². The van der Waals surface area contributed by atoms with Crippen molar-refractivity contribution in [1.29, 1.82) is 0 Å². The summed E-state index contributed by atoms with van der Waals surface area (Å²) in [6.45, 7) is 4.44. The molecule has 0 saturated heterocycles. The molecule has 2 aromatic carbocycles. The van der Waals surface area contributed by atoms with E-state index in [4.69, 9.17) is 0 Å². The van der Waals surface area contributed by atoms with Gasteiger partial charge in [-0.15, -0.1) is 0 Å². The summed E-state index contributed by atoms with van der Waals surface area (Å²) in [6.07, 6.45) is 15.3. The number of aryl methyl sites for hydroxylation is 1. The van der Waals surface area contributed by atoms with Crippen LogP contribution in [-0.2, 0) is 11.8 Å². The molecule has 0 spiro atoms. The van der Waals surface area contributed by atoms with Gasteiger partial charge in [-0.3, -0.25) is 0 Å². The lowest BCUT2D eigenvalue weighted by Gasteiger charge is -2.54. The van der Waals surface area contributed by atoms with Gasteiger partial charge in [0.15, 0.2) is 0 Å². The predicted octanol–water partition coefficient (Wildman–Crippen LogP) is 8.62. The Kier molecular flexibility index (Phi) is 6.13. The molecule has 3 aliphatic carbocycles. The summed E-state index contributed by atoms with van der Waals surface area (Å²) in [5, 5.41) is 0. The molecule has 0 aromatic heterocycles. The van der Waals surface area contributed by atoms with Gasteiger partial charge in [0.25, 0.3) is 0 Å². The Bertz CT molecular complexity index is 792. The highest BCUT2D eigenvalue weighted by molar-refractivity contribution is 5.66. The number of benzene rings is 2. The summed E-state index contributed by atoms with van der Waals surface area (Å²) in [5.74, 6) is 0.0362. The molecule has 3 fully saturated rings. The van der Waals surface area contributed by atoms with Crippen LogP contribution >= 0.6 is 0 Å². The molecule has 0 heterocycles. The van der Waals surface area contributed by atoms with Crippen LogP contribution in [0, 0.1) is 11.2 Å². The first-order valence-electron chi connectivity index (χ1n) is 12.0. The SMILES string of the molecule is CCCCCCC12CCC(c3cccc(-c4ccc(CC)cc4)c3F)(CC1)CC2. The van der Waals surface area contributed by atoms with E-state index in [2.05, 4.69) is 50.2 Å². The van der Waals surface area contributed by atoms with Gasteiger partial charge >= 0.3 is 0 Å². The Morgan fingerprint density at radius 1 is 0.793 bits per heavy atom. The van der Waals surface area contributed by atoms with Crippen LogP contribution in [0.15, 0.2) is 42.5 Å². The molecule has 0 unspecified atom stereocenters. The van der Waals surface area contributed by atoms with Gasteiger partial charge in [-0.2, -0.15) is 0 Å². The molecule has 0 amide bonds. The molecular formula is C28H37F. The summed E-state index contributed by atoms with van der Waals surface area (Å²) < 4.78 is 15.8. The quantitative estimate of drug-likeness (QED) is 0.394. The van der Waals surface area contributed by atoms with Gasteiger partial charge < -0.3 is 0 Å². The van der Waals surface area contributed by atoms with Crippen molar-refractivity contribution in [2.75, 3.05) is 0 Å². The molecule has 0 atom stereocenters. The Hall–Kier alpha value is -1.63. The van der Waals surface area contributed by atoms with Gasteiger partial charge in [-0.25, -0.2) is 4.39 Å². The largest absolute Gasteiger partial charge is 0.206 e. The maximum Gasteiger partial charge on any atom is 0.134 e. The third-order valence-corrected chi connectivity index (χ3v) is 8.21. The predicted molar refractivity (Wildman–Crippen MR) is 122 cm³/mol. The fourth-order valence-electron chi connectivity index (χ4n) is 6.05. The van der Waals surface area contributed by atoms with Crippen molar-refractivity contribution in [3.63, 3.8) is 0 Å². The smallest absolute Gasteiger partial charge is 0.134 e. The normalized spacial score (nSPS) is 26.0. The van der Waals surface area contributed by atoms with Crippen LogP contribution in [-0.4, -0.2) is 0 Å². The van der Waals surface area contributed by atoms with E-state index in [0.29, 0.717) is 5.41 Å². The van der Waals surface area contributed by atoms with E-state index >= 15 is 4.39 Å². The fourth-order valence-corrected chi connectivity index (χ4v) is 6.05. The second kappa shape index (κ2) is 8.62. The van der Waals surface area contributed by atoms with E-state index in [0.717, 1.165) is 23.1 Å². The minimum absolute atomic E-state index is 0.0362. The maximum atomic E-state index is 15.8. The van der Waals surface area contributed by atoms with Crippen molar-refractivity contribution in [2.24, 2.45) is 5.41 Å². The van der Waals surface area contributed by atoms with Crippen molar-refractivity contribution in [3.8, 4) is 11.1 Å². The van der Waals surface area contributed by atoms with Crippen LogP contribution < -0.4 is 0 Å². The Labute approximate surface area is 176 Å². The Morgan fingerprint density at radius 3 is 2.10 bits per heavy atom. The molecule has 2 bridgehead atoms. The van der Waals surface area contributed by atoms with Crippen molar-refractivity contribution >= 4 is 0 Å². The number of fused-ring (bicyclic) bond motifs is 3. The second-order valence-electron chi connectivity index (χ2n) is 9.81. The zero-order chi connectivity index (χ0) is 20.3. The minimum Gasteiger partial charge on any atom is -0.206 e. The van der Waals surface area contributed by atoms with E-state index < -0.39 is 0 Å². The van der Waals surface area contributed by atoms with Gasteiger partial charge in [-0.05, 0) is 78.9 Å². The van der Waals surface area contributed by atoms with Crippen molar-refractivity contribution in [1.82, 2.24) is 0 Å². The lowest BCUT2D eigenvalue weighted by Crippen LogP contribution is -2.44. The van der Waals surface area contributed by atoms with Gasteiger partial charge in [0.1, 0.15) is 5.82 Å². The summed E-state index contributed by atoms with van der Waals surface area (Å²) in [6, 6.07) is 14.6. The van der Waals surface area contributed by atoms with E-state index in [1.165, 1.54) is 76.2 Å². The second-order valence-corrected chi connectivity index (χ2v) is 9.81. The van der Waals surface area contributed by atoms with Crippen LogP contribution in [0.3, 0.4) is 0 Å². The molecule has 0 nitrogen and oxygen atoms in total. The van der Waals surface area contributed by atoms with Gasteiger partial charge in [0.2, 0.25) is 0 Å². The standard InChI is InChI=1S/C28H37F/c1-3-5-6-7-15-27-16-19-28(20-17-27,21-18-27)25-10-8-9-24(26(25)29)23-13-11-22(4-2)12-14-23/h8-14H,3-7,15-21H2,1-2H3. The fraction of sp³-hybridized carbons (Fsp3) is 0.571. The Morgan fingerprint density at radius 2 is 1.48 bits per heavy atom. The van der Waals surface area contributed by atoms with Crippen LogP contribution in [0.2, 0.25) is 0 Å². The summed E-state index contributed by atoms with van der Waals surface area (Å²) >= 11 is 0. The highest BCUT2D eigenvalue weighted by Gasteiger charge is 2.49. The van der Waals surface area contributed by atoms with E-state index in [1.54, 1.807) is 0 Å². The number of halogens is 1. The molecular weight excluding hydrogens is 355 g/mol. The van der Waals surface area contributed by atoms with E-state index in [9.17, 15) is 0 Å². The van der Waals surface area contributed by atoms with Gasteiger partial charge in [-0.1, -0.05) is 82.0 Å². The lowest BCUT2D eigenvalue weighted by molar-refractivity contribution is 0.0288. The molecule has 0 N–H and O–H groups in total. The van der Waals surface area contributed by atoms with Gasteiger partial charge in [0, 0.05) is 5.56 Å². The third-order valence-electron chi connectivity index (χ3n) is 8.21. The molecule has 5 rings (SSSR count). The first kappa shape index (κ1) is 20.6. The third kappa shape index (κ3) is 4.03. The zero-order valence-electron chi connectivity index (χ0n) is 18.4. The summed E-state index contributed by atoms with van der Waals surface area (Å²) in [4.78, 5) is 0. The van der Waals surface area contributed by atoms with E-state index in [-0.39, 0.29) is 11.2 Å². The first-order valence-corrected chi connectivity index (χ1v) is 12.0. The molecule has 156 valence electrons. The minimum atomic E-state index is 0.0362. The van der Waals surface area contributed by atoms with Crippen LogP contribution in [0.1, 0.15) is 95.6 Å². The molecule has 1 heteroatoms. The number of unbranched alkanes of at least 4 members (excludes halogenated alkanes) is 3. The number of hydrogen-bond acceptors (Lipinski definition) is 0. The monoisotopic (exact) mass is 392 g/mol. The highest BCUT2D eigenvalue weighted by Crippen LogP contribution is 2.60. The maximum absolute atomic E-state index is 15.8.